The highest BCUT2D eigenvalue weighted by Gasteiger charge is 2.21. The van der Waals surface area contributed by atoms with Crippen molar-refractivity contribution in [2.75, 3.05) is 7.05 Å². The van der Waals surface area contributed by atoms with E-state index in [0.29, 0.717) is 23.8 Å². The van der Waals surface area contributed by atoms with Crippen molar-refractivity contribution in [1.29, 1.82) is 0 Å². The molecule has 0 aliphatic heterocycles. The SMILES string of the molecule is CN(Cc1n[nH]c2c1CCCC2)C(=O)c1cn(Cc2ccccc2Cl)nn1. The summed E-state index contributed by atoms with van der Waals surface area (Å²) in [6, 6.07) is 7.56. The van der Waals surface area contributed by atoms with E-state index in [1.165, 1.54) is 24.1 Å². The Kier molecular flexibility index (Phi) is 4.94. The number of aromatic nitrogens is 5. The summed E-state index contributed by atoms with van der Waals surface area (Å²) in [5, 5.41) is 16.3. The van der Waals surface area contributed by atoms with Gasteiger partial charge >= 0.3 is 0 Å². The fraction of sp³-hybridized carbons (Fsp3) is 0.368. The Bertz CT molecular complexity index is 963. The van der Waals surface area contributed by atoms with Gasteiger partial charge in [0.05, 0.1) is 25.0 Å². The zero-order chi connectivity index (χ0) is 18.8. The maximum Gasteiger partial charge on any atom is 0.276 e. The van der Waals surface area contributed by atoms with Crippen LogP contribution in [0.15, 0.2) is 30.5 Å². The number of H-pyrrole nitrogens is 1. The number of hydrogen-bond donors (Lipinski definition) is 1. The van der Waals surface area contributed by atoms with Crippen molar-refractivity contribution in [3.63, 3.8) is 0 Å². The van der Waals surface area contributed by atoms with Gasteiger partial charge in [-0.25, -0.2) is 4.68 Å². The van der Waals surface area contributed by atoms with Crippen LogP contribution in [-0.2, 0) is 25.9 Å². The van der Waals surface area contributed by atoms with Gasteiger partial charge in [-0.3, -0.25) is 9.89 Å². The predicted molar refractivity (Wildman–Crippen MR) is 102 cm³/mol. The third-order valence-electron chi connectivity index (χ3n) is 4.92. The maximum atomic E-state index is 12.7. The molecule has 7 nitrogen and oxygen atoms in total. The summed E-state index contributed by atoms with van der Waals surface area (Å²) in [6.45, 7) is 0.929. The number of halogens is 1. The predicted octanol–water partition coefficient (Wildman–Crippen LogP) is 2.85. The number of aromatic amines is 1. The summed E-state index contributed by atoms with van der Waals surface area (Å²) in [5.41, 5.74) is 4.67. The molecule has 0 fully saturated rings. The third kappa shape index (κ3) is 3.73. The minimum absolute atomic E-state index is 0.173. The first-order valence-corrected chi connectivity index (χ1v) is 9.43. The maximum absolute atomic E-state index is 12.7. The van der Waals surface area contributed by atoms with E-state index < -0.39 is 0 Å². The Balaban J connectivity index is 1.44. The number of rotatable bonds is 5. The van der Waals surface area contributed by atoms with E-state index in [4.69, 9.17) is 11.6 Å². The number of benzene rings is 1. The molecule has 3 aromatic rings. The summed E-state index contributed by atoms with van der Waals surface area (Å²) >= 11 is 6.18. The third-order valence-corrected chi connectivity index (χ3v) is 5.29. The molecule has 1 amide bonds. The minimum Gasteiger partial charge on any atom is -0.334 e. The van der Waals surface area contributed by atoms with Crippen molar-refractivity contribution in [2.24, 2.45) is 0 Å². The number of carbonyl (C=O) groups excluding carboxylic acids is 1. The highest BCUT2D eigenvalue weighted by molar-refractivity contribution is 6.31. The standard InChI is InChI=1S/C19H21ClN6O/c1-25(11-17-14-7-3-5-9-16(14)21-22-17)19(27)18-12-26(24-23-18)10-13-6-2-4-8-15(13)20/h2,4,6,8,12H,3,5,7,9-11H2,1H3,(H,21,22). The lowest BCUT2D eigenvalue weighted by atomic mass is 9.96. The van der Waals surface area contributed by atoms with Gasteiger partial charge in [0.1, 0.15) is 0 Å². The molecule has 0 saturated carbocycles. The average Bonchev–Trinajstić information content (AvgIpc) is 3.31. The van der Waals surface area contributed by atoms with Crippen LogP contribution in [0.25, 0.3) is 0 Å². The molecule has 2 heterocycles. The van der Waals surface area contributed by atoms with Gasteiger partial charge in [0, 0.05) is 17.8 Å². The molecular weight excluding hydrogens is 364 g/mol. The lowest BCUT2D eigenvalue weighted by Gasteiger charge is -2.16. The van der Waals surface area contributed by atoms with E-state index in [9.17, 15) is 4.79 Å². The zero-order valence-corrected chi connectivity index (χ0v) is 15.9. The summed E-state index contributed by atoms with van der Waals surface area (Å²) in [4.78, 5) is 14.4. The first-order chi connectivity index (χ1) is 13.1. The van der Waals surface area contributed by atoms with E-state index >= 15 is 0 Å². The monoisotopic (exact) mass is 384 g/mol. The van der Waals surface area contributed by atoms with Crippen molar-refractivity contribution < 1.29 is 4.79 Å². The Labute approximate surface area is 162 Å². The van der Waals surface area contributed by atoms with Crippen molar-refractivity contribution in [1.82, 2.24) is 30.1 Å². The number of nitrogens with zero attached hydrogens (tertiary/aromatic N) is 5. The highest BCUT2D eigenvalue weighted by Crippen LogP contribution is 2.23. The van der Waals surface area contributed by atoms with Gasteiger partial charge in [0.2, 0.25) is 0 Å². The van der Waals surface area contributed by atoms with E-state index in [0.717, 1.165) is 24.1 Å². The van der Waals surface area contributed by atoms with Gasteiger partial charge in [-0.1, -0.05) is 35.0 Å². The molecule has 140 valence electrons. The van der Waals surface area contributed by atoms with Gasteiger partial charge in [0.25, 0.3) is 5.91 Å². The molecule has 1 N–H and O–H groups in total. The molecule has 0 bridgehead atoms. The second kappa shape index (κ2) is 7.52. The number of carbonyl (C=O) groups is 1. The number of hydrogen-bond acceptors (Lipinski definition) is 4. The molecule has 0 radical (unpaired) electrons. The van der Waals surface area contributed by atoms with Crippen molar-refractivity contribution in [2.45, 2.75) is 38.8 Å². The Hall–Kier alpha value is -2.67. The number of nitrogens with one attached hydrogen (secondary N) is 1. The molecule has 27 heavy (non-hydrogen) atoms. The second-order valence-corrected chi connectivity index (χ2v) is 7.30. The summed E-state index contributed by atoms with van der Waals surface area (Å²) in [5.74, 6) is -0.173. The molecular formula is C19H21ClN6O. The summed E-state index contributed by atoms with van der Waals surface area (Å²) < 4.78 is 1.62. The molecule has 0 saturated heterocycles. The molecule has 8 heteroatoms. The summed E-state index contributed by atoms with van der Waals surface area (Å²) in [6.07, 6.45) is 6.08. The normalized spacial score (nSPS) is 13.4. The van der Waals surface area contributed by atoms with Gasteiger partial charge in [-0.15, -0.1) is 5.10 Å². The van der Waals surface area contributed by atoms with E-state index in [1.807, 2.05) is 24.3 Å². The molecule has 1 aliphatic rings. The molecule has 1 aromatic carbocycles. The van der Waals surface area contributed by atoms with Crippen molar-refractivity contribution >= 4 is 17.5 Å². The van der Waals surface area contributed by atoms with E-state index in [-0.39, 0.29) is 5.91 Å². The lowest BCUT2D eigenvalue weighted by molar-refractivity contribution is 0.0777. The first kappa shape index (κ1) is 17.7. The zero-order valence-electron chi connectivity index (χ0n) is 15.2. The van der Waals surface area contributed by atoms with Crippen molar-refractivity contribution in [3.8, 4) is 0 Å². The smallest absolute Gasteiger partial charge is 0.276 e. The quantitative estimate of drug-likeness (QED) is 0.733. The lowest BCUT2D eigenvalue weighted by Crippen LogP contribution is -2.27. The van der Waals surface area contributed by atoms with Crippen LogP contribution in [0.3, 0.4) is 0 Å². The van der Waals surface area contributed by atoms with Crippen LogP contribution in [0.5, 0.6) is 0 Å². The van der Waals surface area contributed by atoms with Crippen LogP contribution in [0.2, 0.25) is 5.02 Å². The van der Waals surface area contributed by atoms with Gasteiger partial charge in [0.15, 0.2) is 5.69 Å². The Morgan fingerprint density at radius 2 is 2.11 bits per heavy atom. The largest absolute Gasteiger partial charge is 0.334 e. The molecule has 0 atom stereocenters. The number of amides is 1. The first-order valence-electron chi connectivity index (χ1n) is 9.06. The molecule has 0 spiro atoms. The van der Waals surface area contributed by atoms with Crippen LogP contribution < -0.4 is 0 Å². The summed E-state index contributed by atoms with van der Waals surface area (Å²) in [7, 11) is 1.76. The number of aryl methyl sites for hydroxylation is 1. The number of fused-ring (bicyclic) bond motifs is 1. The van der Waals surface area contributed by atoms with E-state index in [2.05, 4.69) is 20.5 Å². The second-order valence-electron chi connectivity index (χ2n) is 6.89. The van der Waals surface area contributed by atoms with E-state index in [1.54, 1.807) is 22.8 Å². The average molecular weight is 385 g/mol. The van der Waals surface area contributed by atoms with Gasteiger partial charge in [-0.05, 0) is 42.9 Å². The Morgan fingerprint density at radius 3 is 2.96 bits per heavy atom. The van der Waals surface area contributed by atoms with Crippen LogP contribution >= 0.6 is 11.6 Å². The highest BCUT2D eigenvalue weighted by atomic mass is 35.5. The molecule has 2 aromatic heterocycles. The van der Waals surface area contributed by atoms with Crippen LogP contribution in [-0.4, -0.2) is 43.0 Å². The topological polar surface area (TPSA) is 79.7 Å². The minimum atomic E-state index is -0.173. The molecule has 0 unspecified atom stereocenters. The van der Waals surface area contributed by atoms with Crippen LogP contribution in [0.1, 0.15) is 45.8 Å². The van der Waals surface area contributed by atoms with Crippen LogP contribution in [0.4, 0.5) is 0 Å². The van der Waals surface area contributed by atoms with Crippen molar-refractivity contribution in [3.05, 3.63) is 63.7 Å². The van der Waals surface area contributed by atoms with Crippen LogP contribution in [0, 0.1) is 0 Å². The van der Waals surface area contributed by atoms with Gasteiger partial charge in [-0.2, -0.15) is 5.10 Å². The molecule has 4 rings (SSSR count). The fourth-order valence-electron chi connectivity index (χ4n) is 3.45. The van der Waals surface area contributed by atoms with Gasteiger partial charge < -0.3 is 4.90 Å². The Morgan fingerprint density at radius 1 is 1.30 bits per heavy atom. The fourth-order valence-corrected chi connectivity index (χ4v) is 3.64. The molecule has 1 aliphatic carbocycles.